The molecular weight excluding hydrogens is 198 g/mol. The maximum absolute atomic E-state index is 3.37. The van der Waals surface area contributed by atoms with Crippen LogP contribution >= 0.6 is 0 Å². The highest BCUT2D eigenvalue weighted by molar-refractivity contribution is 4.58. The molecule has 0 aliphatic carbocycles. The van der Waals surface area contributed by atoms with Crippen LogP contribution in [-0.4, -0.2) is 63.2 Å². The molecule has 0 spiro atoms. The van der Waals surface area contributed by atoms with Gasteiger partial charge in [0.25, 0.3) is 0 Å². The fourth-order valence-corrected chi connectivity index (χ4v) is 1.80. The van der Waals surface area contributed by atoms with Crippen LogP contribution in [-0.2, 0) is 0 Å². The Morgan fingerprint density at radius 2 is 1.56 bits per heavy atom. The van der Waals surface area contributed by atoms with E-state index in [2.05, 4.69) is 43.1 Å². The largest absolute Gasteiger partial charge is 0.317 e. The first-order valence-corrected chi connectivity index (χ1v) is 6.78. The van der Waals surface area contributed by atoms with Gasteiger partial charge in [-0.2, -0.15) is 0 Å². The molecule has 0 radical (unpaired) electrons. The summed E-state index contributed by atoms with van der Waals surface area (Å²) in [5.74, 6) is 0. The van der Waals surface area contributed by atoms with Crippen LogP contribution in [0.15, 0.2) is 0 Å². The van der Waals surface area contributed by atoms with Gasteiger partial charge in [0.05, 0.1) is 0 Å². The zero-order chi connectivity index (χ0) is 12.2. The Bertz CT molecular complexity index is 137. The first-order chi connectivity index (χ1) is 7.70. The van der Waals surface area contributed by atoms with Crippen LogP contribution in [0.25, 0.3) is 0 Å². The van der Waals surface area contributed by atoms with E-state index >= 15 is 0 Å². The van der Waals surface area contributed by atoms with E-state index in [1.165, 1.54) is 52.0 Å². The van der Waals surface area contributed by atoms with Crippen molar-refractivity contribution in [3.05, 3.63) is 0 Å². The smallest absolute Gasteiger partial charge is 0.000667 e. The lowest BCUT2D eigenvalue weighted by Crippen LogP contribution is -2.28. The van der Waals surface area contributed by atoms with E-state index in [9.17, 15) is 0 Å². The molecule has 16 heavy (non-hydrogen) atoms. The summed E-state index contributed by atoms with van der Waals surface area (Å²) < 4.78 is 0. The summed E-state index contributed by atoms with van der Waals surface area (Å²) in [6, 6.07) is 0. The number of nitrogens with zero attached hydrogens (tertiary/aromatic N) is 2. The van der Waals surface area contributed by atoms with Gasteiger partial charge >= 0.3 is 0 Å². The standard InChI is InChI=1S/C13H31N3/c1-5-14-10-7-8-12-16(6-2)13-9-11-15(3)4/h14H,5-13H2,1-4H3. The summed E-state index contributed by atoms with van der Waals surface area (Å²) in [5, 5.41) is 3.37. The third-order valence-corrected chi connectivity index (χ3v) is 2.85. The van der Waals surface area contributed by atoms with E-state index in [1.54, 1.807) is 0 Å². The van der Waals surface area contributed by atoms with E-state index in [-0.39, 0.29) is 0 Å². The van der Waals surface area contributed by atoms with Crippen molar-refractivity contribution >= 4 is 0 Å². The van der Waals surface area contributed by atoms with Gasteiger partial charge in [0.2, 0.25) is 0 Å². The number of hydrogen-bond acceptors (Lipinski definition) is 3. The average molecular weight is 229 g/mol. The summed E-state index contributed by atoms with van der Waals surface area (Å²) in [6.07, 6.45) is 3.91. The molecule has 0 aliphatic rings. The fourth-order valence-electron chi connectivity index (χ4n) is 1.80. The van der Waals surface area contributed by atoms with E-state index in [0.29, 0.717) is 0 Å². The van der Waals surface area contributed by atoms with Crippen LogP contribution < -0.4 is 5.32 Å². The van der Waals surface area contributed by atoms with E-state index < -0.39 is 0 Å². The van der Waals surface area contributed by atoms with Crippen molar-refractivity contribution in [2.45, 2.75) is 33.1 Å². The summed E-state index contributed by atoms with van der Waals surface area (Å²) in [4.78, 5) is 4.83. The second-order valence-electron chi connectivity index (χ2n) is 4.65. The second kappa shape index (κ2) is 11.4. The lowest BCUT2D eigenvalue weighted by atomic mass is 10.2. The quantitative estimate of drug-likeness (QED) is 0.544. The minimum Gasteiger partial charge on any atom is -0.317 e. The van der Waals surface area contributed by atoms with Crippen LogP contribution in [0, 0.1) is 0 Å². The molecule has 0 amide bonds. The van der Waals surface area contributed by atoms with E-state index in [1.807, 2.05) is 0 Å². The fraction of sp³-hybridized carbons (Fsp3) is 1.00. The number of unbranched alkanes of at least 4 members (excludes halogenated alkanes) is 1. The Morgan fingerprint density at radius 1 is 0.875 bits per heavy atom. The van der Waals surface area contributed by atoms with Gasteiger partial charge in [-0.05, 0) is 72.6 Å². The molecule has 0 bridgehead atoms. The van der Waals surface area contributed by atoms with Gasteiger partial charge in [0.15, 0.2) is 0 Å². The average Bonchev–Trinajstić information content (AvgIpc) is 2.26. The Kier molecular flexibility index (Phi) is 11.3. The highest BCUT2D eigenvalue weighted by atomic mass is 15.1. The molecule has 98 valence electrons. The van der Waals surface area contributed by atoms with Crippen molar-refractivity contribution in [2.24, 2.45) is 0 Å². The lowest BCUT2D eigenvalue weighted by Gasteiger charge is -2.21. The van der Waals surface area contributed by atoms with Gasteiger partial charge in [-0.25, -0.2) is 0 Å². The highest BCUT2D eigenvalue weighted by Gasteiger charge is 2.01. The topological polar surface area (TPSA) is 18.5 Å². The zero-order valence-electron chi connectivity index (χ0n) is 11.8. The van der Waals surface area contributed by atoms with Crippen molar-refractivity contribution < 1.29 is 0 Å². The van der Waals surface area contributed by atoms with Crippen LogP contribution in [0.2, 0.25) is 0 Å². The molecule has 0 aromatic carbocycles. The minimum atomic E-state index is 1.10. The summed E-state index contributed by atoms with van der Waals surface area (Å²) >= 11 is 0. The van der Waals surface area contributed by atoms with Gasteiger partial charge < -0.3 is 15.1 Å². The molecule has 3 heteroatoms. The number of nitrogens with one attached hydrogen (secondary N) is 1. The van der Waals surface area contributed by atoms with Crippen molar-refractivity contribution in [1.29, 1.82) is 0 Å². The van der Waals surface area contributed by atoms with Crippen LogP contribution in [0.4, 0.5) is 0 Å². The third-order valence-electron chi connectivity index (χ3n) is 2.85. The monoisotopic (exact) mass is 229 g/mol. The summed E-state index contributed by atoms with van der Waals surface area (Å²) in [6.45, 7) is 11.6. The maximum Gasteiger partial charge on any atom is -0.000667 e. The molecule has 0 atom stereocenters. The van der Waals surface area contributed by atoms with Crippen LogP contribution in [0.1, 0.15) is 33.1 Å². The Labute approximate surface area is 102 Å². The van der Waals surface area contributed by atoms with Crippen LogP contribution in [0.3, 0.4) is 0 Å². The third kappa shape index (κ3) is 10.4. The van der Waals surface area contributed by atoms with E-state index in [0.717, 1.165) is 6.54 Å². The lowest BCUT2D eigenvalue weighted by molar-refractivity contribution is 0.261. The molecule has 1 N–H and O–H groups in total. The van der Waals surface area contributed by atoms with Gasteiger partial charge in [-0.15, -0.1) is 0 Å². The highest BCUT2D eigenvalue weighted by Crippen LogP contribution is 1.97. The number of hydrogen-bond donors (Lipinski definition) is 1. The van der Waals surface area contributed by atoms with Gasteiger partial charge in [0, 0.05) is 0 Å². The van der Waals surface area contributed by atoms with Crippen molar-refractivity contribution in [3.63, 3.8) is 0 Å². The van der Waals surface area contributed by atoms with Gasteiger partial charge in [-0.1, -0.05) is 13.8 Å². The molecular formula is C13H31N3. The Hall–Kier alpha value is -0.120. The molecule has 0 saturated heterocycles. The van der Waals surface area contributed by atoms with Crippen LogP contribution in [0.5, 0.6) is 0 Å². The van der Waals surface area contributed by atoms with Crippen molar-refractivity contribution in [1.82, 2.24) is 15.1 Å². The van der Waals surface area contributed by atoms with E-state index in [4.69, 9.17) is 0 Å². The second-order valence-corrected chi connectivity index (χ2v) is 4.65. The first kappa shape index (κ1) is 15.9. The molecule has 0 aromatic heterocycles. The van der Waals surface area contributed by atoms with Crippen molar-refractivity contribution in [2.75, 3.05) is 53.4 Å². The maximum atomic E-state index is 3.37. The molecule has 0 unspecified atom stereocenters. The Morgan fingerprint density at radius 3 is 2.12 bits per heavy atom. The SMILES string of the molecule is CCNCCCCN(CC)CCCN(C)C. The Balaban J connectivity index is 3.36. The normalized spacial score (nSPS) is 11.6. The summed E-state index contributed by atoms with van der Waals surface area (Å²) in [7, 11) is 4.29. The molecule has 3 nitrogen and oxygen atoms in total. The summed E-state index contributed by atoms with van der Waals surface area (Å²) in [5.41, 5.74) is 0. The molecule has 0 fully saturated rings. The van der Waals surface area contributed by atoms with Gasteiger partial charge in [0.1, 0.15) is 0 Å². The minimum absolute atomic E-state index is 1.10. The zero-order valence-corrected chi connectivity index (χ0v) is 11.8. The molecule has 0 heterocycles. The number of rotatable bonds is 11. The predicted octanol–water partition coefficient (Wildman–Crippen LogP) is 1.65. The first-order valence-electron chi connectivity index (χ1n) is 6.78. The van der Waals surface area contributed by atoms with Gasteiger partial charge in [-0.3, -0.25) is 0 Å². The molecule has 0 rings (SSSR count). The predicted molar refractivity (Wildman–Crippen MR) is 73.1 cm³/mol. The van der Waals surface area contributed by atoms with Crippen molar-refractivity contribution in [3.8, 4) is 0 Å². The molecule has 0 saturated carbocycles. The molecule has 0 aliphatic heterocycles. The molecule has 0 aromatic rings.